The molecule has 13 heavy (non-hydrogen) atoms. The molecule has 1 N–H and O–H groups in total. The molecule has 1 heterocycles. The van der Waals surface area contributed by atoms with Crippen molar-refractivity contribution < 1.29 is 4.79 Å². The summed E-state index contributed by atoms with van der Waals surface area (Å²) in [6, 6.07) is 0.477. The van der Waals surface area contributed by atoms with Gasteiger partial charge in [-0.25, -0.2) is 4.79 Å². The number of nitrogens with one attached hydrogen (secondary N) is 1. The smallest absolute Gasteiger partial charge is 0.317 e. The van der Waals surface area contributed by atoms with Crippen LogP contribution in [0.25, 0.3) is 0 Å². The van der Waals surface area contributed by atoms with Crippen molar-refractivity contribution in [3.05, 3.63) is 0 Å². The third-order valence-electron chi connectivity index (χ3n) is 2.37. The Morgan fingerprint density at radius 3 is 2.92 bits per heavy atom. The Kier molecular flexibility index (Phi) is 3.18. The zero-order chi connectivity index (χ0) is 9.84. The first kappa shape index (κ1) is 9.91. The second kappa shape index (κ2) is 4.18. The number of hydrogen-bond donors (Lipinski definition) is 1. The highest BCUT2D eigenvalue weighted by Gasteiger charge is 2.28. The lowest BCUT2D eigenvalue weighted by Gasteiger charge is -2.39. The molecule has 2 atom stereocenters. The second-order valence-corrected chi connectivity index (χ2v) is 3.59. The molecular weight excluding hydrogens is 164 g/mol. The largest absolute Gasteiger partial charge is 0.335 e. The van der Waals surface area contributed by atoms with Crippen LogP contribution in [0.5, 0.6) is 0 Å². The standard InChI is InChI=1S/C10H16N2O/c1-4-5-8(2)11-10(13)12-7-6-9(12)3/h1,8-9H,5-7H2,2-3H3,(H,11,13). The predicted octanol–water partition coefficient (Wildman–Crippen LogP) is 1.20. The molecule has 0 bridgehead atoms. The molecule has 1 saturated heterocycles. The second-order valence-electron chi connectivity index (χ2n) is 3.59. The average Bonchev–Trinajstić information content (AvgIpc) is 2.01. The molecule has 0 aromatic rings. The van der Waals surface area contributed by atoms with Crippen LogP contribution < -0.4 is 5.32 Å². The number of rotatable bonds is 2. The Labute approximate surface area is 79.5 Å². The number of amides is 2. The van der Waals surface area contributed by atoms with Gasteiger partial charge in [0.05, 0.1) is 0 Å². The van der Waals surface area contributed by atoms with Crippen molar-refractivity contribution >= 4 is 6.03 Å². The normalized spacial score (nSPS) is 22.8. The van der Waals surface area contributed by atoms with Crippen molar-refractivity contribution in [2.75, 3.05) is 6.54 Å². The summed E-state index contributed by atoms with van der Waals surface area (Å²) in [4.78, 5) is 13.3. The van der Waals surface area contributed by atoms with Crippen molar-refractivity contribution in [3.63, 3.8) is 0 Å². The topological polar surface area (TPSA) is 32.3 Å². The van der Waals surface area contributed by atoms with Crippen LogP contribution in [0.3, 0.4) is 0 Å². The van der Waals surface area contributed by atoms with E-state index in [9.17, 15) is 4.79 Å². The molecule has 1 aliphatic heterocycles. The highest BCUT2D eigenvalue weighted by Crippen LogP contribution is 2.15. The summed E-state index contributed by atoms with van der Waals surface area (Å²) in [6.07, 6.45) is 6.84. The number of carbonyl (C=O) groups excluding carboxylic acids is 1. The molecule has 1 aliphatic rings. The summed E-state index contributed by atoms with van der Waals surface area (Å²) in [7, 11) is 0. The zero-order valence-electron chi connectivity index (χ0n) is 8.21. The number of urea groups is 1. The van der Waals surface area contributed by atoms with Crippen LogP contribution >= 0.6 is 0 Å². The van der Waals surface area contributed by atoms with Crippen molar-refractivity contribution in [1.29, 1.82) is 0 Å². The minimum Gasteiger partial charge on any atom is -0.335 e. The number of likely N-dealkylation sites (tertiary alicyclic amines) is 1. The SMILES string of the molecule is C#CCC(C)NC(=O)N1CCC1C. The summed E-state index contributed by atoms with van der Waals surface area (Å²) in [6.45, 7) is 4.84. The van der Waals surface area contributed by atoms with Gasteiger partial charge in [0.25, 0.3) is 0 Å². The van der Waals surface area contributed by atoms with Crippen LogP contribution in [0.1, 0.15) is 26.7 Å². The lowest BCUT2D eigenvalue weighted by Crippen LogP contribution is -2.54. The van der Waals surface area contributed by atoms with Crippen molar-refractivity contribution in [2.24, 2.45) is 0 Å². The molecular formula is C10H16N2O. The molecule has 0 radical (unpaired) electrons. The van der Waals surface area contributed by atoms with E-state index in [2.05, 4.69) is 18.2 Å². The molecule has 0 aliphatic carbocycles. The Hall–Kier alpha value is -1.17. The van der Waals surface area contributed by atoms with Gasteiger partial charge < -0.3 is 10.2 Å². The maximum atomic E-state index is 11.5. The third kappa shape index (κ3) is 2.38. The molecule has 1 rings (SSSR count). The minimum atomic E-state index is 0.0153. The predicted molar refractivity (Wildman–Crippen MR) is 52.2 cm³/mol. The van der Waals surface area contributed by atoms with Crippen LogP contribution in [-0.4, -0.2) is 29.6 Å². The molecule has 72 valence electrons. The monoisotopic (exact) mass is 180 g/mol. The molecule has 3 nitrogen and oxygen atoms in total. The molecule has 2 unspecified atom stereocenters. The summed E-state index contributed by atoms with van der Waals surface area (Å²) in [5.74, 6) is 2.53. The summed E-state index contributed by atoms with van der Waals surface area (Å²) in [5.41, 5.74) is 0. The number of terminal acetylenes is 1. The van der Waals surface area contributed by atoms with E-state index in [-0.39, 0.29) is 12.1 Å². The fraction of sp³-hybridized carbons (Fsp3) is 0.700. The summed E-state index contributed by atoms with van der Waals surface area (Å²) in [5, 5.41) is 2.86. The Bertz CT molecular complexity index is 232. The Morgan fingerprint density at radius 1 is 1.85 bits per heavy atom. The van der Waals surface area contributed by atoms with Crippen LogP contribution in [0.2, 0.25) is 0 Å². The van der Waals surface area contributed by atoms with Gasteiger partial charge in [0, 0.05) is 25.0 Å². The van der Waals surface area contributed by atoms with Crippen LogP contribution in [-0.2, 0) is 0 Å². The first-order valence-corrected chi connectivity index (χ1v) is 4.65. The summed E-state index contributed by atoms with van der Waals surface area (Å²) >= 11 is 0. The van der Waals surface area contributed by atoms with E-state index >= 15 is 0 Å². The van der Waals surface area contributed by atoms with E-state index in [0.717, 1.165) is 13.0 Å². The fourth-order valence-corrected chi connectivity index (χ4v) is 1.34. The van der Waals surface area contributed by atoms with Crippen molar-refractivity contribution in [1.82, 2.24) is 10.2 Å². The number of carbonyl (C=O) groups is 1. The highest BCUT2D eigenvalue weighted by molar-refractivity contribution is 5.75. The van der Waals surface area contributed by atoms with Gasteiger partial charge in [-0.3, -0.25) is 0 Å². The van der Waals surface area contributed by atoms with E-state index < -0.39 is 0 Å². The molecule has 0 spiro atoms. The first-order chi connectivity index (χ1) is 6.15. The zero-order valence-corrected chi connectivity index (χ0v) is 8.21. The number of hydrogen-bond acceptors (Lipinski definition) is 1. The van der Waals surface area contributed by atoms with Gasteiger partial charge in [-0.2, -0.15) is 0 Å². The first-order valence-electron chi connectivity index (χ1n) is 4.65. The van der Waals surface area contributed by atoms with E-state index in [1.807, 2.05) is 11.8 Å². The lowest BCUT2D eigenvalue weighted by atomic mass is 10.1. The molecule has 0 aromatic heterocycles. The summed E-state index contributed by atoms with van der Waals surface area (Å²) < 4.78 is 0. The van der Waals surface area contributed by atoms with E-state index in [0.29, 0.717) is 12.5 Å². The Balaban J connectivity index is 2.29. The minimum absolute atomic E-state index is 0.0153. The van der Waals surface area contributed by atoms with Gasteiger partial charge in [0.1, 0.15) is 0 Å². The molecule has 1 fully saturated rings. The van der Waals surface area contributed by atoms with Crippen LogP contribution in [0.4, 0.5) is 4.79 Å². The van der Waals surface area contributed by atoms with Gasteiger partial charge in [-0.15, -0.1) is 12.3 Å². The van der Waals surface area contributed by atoms with E-state index in [1.54, 1.807) is 0 Å². The molecule has 0 saturated carbocycles. The lowest BCUT2D eigenvalue weighted by molar-refractivity contribution is 0.123. The third-order valence-corrected chi connectivity index (χ3v) is 2.37. The van der Waals surface area contributed by atoms with Gasteiger partial charge in [0.2, 0.25) is 0 Å². The van der Waals surface area contributed by atoms with E-state index in [4.69, 9.17) is 6.42 Å². The van der Waals surface area contributed by atoms with Crippen molar-refractivity contribution in [3.8, 4) is 12.3 Å². The average molecular weight is 180 g/mol. The number of nitrogens with zero attached hydrogens (tertiary/aromatic N) is 1. The van der Waals surface area contributed by atoms with Gasteiger partial charge in [-0.05, 0) is 20.3 Å². The molecule has 3 heteroatoms. The fourth-order valence-electron chi connectivity index (χ4n) is 1.34. The van der Waals surface area contributed by atoms with E-state index in [1.165, 1.54) is 0 Å². The maximum Gasteiger partial charge on any atom is 0.317 e. The quantitative estimate of drug-likeness (QED) is 0.636. The van der Waals surface area contributed by atoms with Gasteiger partial charge in [0.15, 0.2) is 0 Å². The Morgan fingerprint density at radius 2 is 2.54 bits per heavy atom. The molecule has 2 amide bonds. The van der Waals surface area contributed by atoms with Gasteiger partial charge >= 0.3 is 6.03 Å². The molecule has 0 aromatic carbocycles. The van der Waals surface area contributed by atoms with Crippen molar-refractivity contribution in [2.45, 2.75) is 38.8 Å². The highest BCUT2D eigenvalue weighted by atomic mass is 16.2. The van der Waals surface area contributed by atoms with Crippen LogP contribution in [0, 0.1) is 12.3 Å². The maximum absolute atomic E-state index is 11.5. The van der Waals surface area contributed by atoms with Crippen LogP contribution in [0.15, 0.2) is 0 Å². The van der Waals surface area contributed by atoms with Gasteiger partial charge in [-0.1, -0.05) is 0 Å².